The highest BCUT2D eigenvalue weighted by Crippen LogP contribution is 2.30. The van der Waals surface area contributed by atoms with Gasteiger partial charge in [-0.15, -0.1) is 0 Å². The van der Waals surface area contributed by atoms with E-state index in [2.05, 4.69) is 11.9 Å². The van der Waals surface area contributed by atoms with Gasteiger partial charge in [0.25, 0.3) is 0 Å². The molecule has 1 aromatic rings. The van der Waals surface area contributed by atoms with E-state index in [1.54, 1.807) is 25.4 Å². The highest BCUT2D eigenvalue weighted by Gasteiger charge is 2.32. The van der Waals surface area contributed by atoms with Gasteiger partial charge in [0, 0.05) is 25.8 Å². The molecular formula is C14H23N3O2S. The van der Waals surface area contributed by atoms with Crippen molar-refractivity contribution in [2.24, 2.45) is 11.7 Å². The summed E-state index contributed by atoms with van der Waals surface area (Å²) in [6.07, 6.45) is 5.70. The molecule has 0 saturated heterocycles. The van der Waals surface area contributed by atoms with E-state index in [0.29, 0.717) is 11.6 Å². The molecular weight excluding hydrogens is 274 g/mol. The zero-order valence-corrected chi connectivity index (χ0v) is 12.9. The average molecular weight is 297 g/mol. The second kappa shape index (κ2) is 6.20. The number of sulfonamides is 1. The van der Waals surface area contributed by atoms with Gasteiger partial charge in [0.2, 0.25) is 10.0 Å². The molecule has 5 nitrogen and oxygen atoms in total. The van der Waals surface area contributed by atoms with Crippen LogP contribution in [0.2, 0.25) is 0 Å². The Morgan fingerprint density at radius 2 is 2.20 bits per heavy atom. The summed E-state index contributed by atoms with van der Waals surface area (Å²) < 4.78 is 27.0. The standard InChI is InChI=1S/C14H23N3O2S/c1-11-5-3-6-12(9-11)17(2)20(18,19)14-7-4-8-16-13(14)10-15/h4,7-8,11-12H,3,5-6,9-10,15H2,1-2H3. The molecule has 0 aliphatic heterocycles. The first-order valence-corrected chi connectivity index (χ1v) is 8.52. The van der Waals surface area contributed by atoms with E-state index in [4.69, 9.17) is 5.73 Å². The molecule has 2 rings (SSSR count). The smallest absolute Gasteiger partial charge is 0.244 e. The number of aromatic nitrogens is 1. The molecule has 6 heteroatoms. The van der Waals surface area contributed by atoms with Crippen LogP contribution < -0.4 is 5.73 Å². The van der Waals surface area contributed by atoms with Crippen LogP contribution in [0.5, 0.6) is 0 Å². The van der Waals surface area contributed by atoms with Crippen LogP contribution in [0.4, 0.5) is 0 Å². The van der Waals surface area contributed by atoms with E-state index >= 15 is 0 Å². The SMILES string of the molecule is CC1CCCC(N(C)S(=O)(=O)c2cccnc2CN)C1. The first-order chi connectivity index (χ1) is 9.46. The second-order valence-corrected chi connectivity index (χ2v) is 7.57. The highest BCUT2D eigenvalue weighted by atomic mass is 32.2. The number of nitrogens with two attached hydrogens (primary N) is 1. The number of hydrogen-bond donors (Lipinski definition) is 1. The van der Waals surface area contributed by atoms with Gasteiger partial charge in [0.05, 0.1) is 5.69 Å². The normalized spacial score (nSPS) is 24.0. The minimum Gasteiger partial charge on any atom is -0.325 e. The molecule has 1 aliphatic carbocycles. The van der Waals surface area contributed by atoms with Gasteiger partial charge in [-0.05, 0) is 30.9 Å². The maximum atomic E-state index is 12.7. The molecule has 1 heterocycles. The lowest BCUT2D eigenvalue weighted by atomic mass is 9.87. The van der Waals surface area contributed by atoms with Gasteiger partial charge >= 0.3 is 0 Å². The predicted molar refractivity (Wildman–Crippen MR) is 78.5 cm³/mol. The molecule has 1 aliphatic rings. The Morgan fingerprint density at radius 1 is 1.45 bits per heavy atom. The van der Waals surface area contributed by atoms with Crippen molar-refractivity contribution in [1.82, 2.24) is 9.29 Å². The van der Waals surface area contributed by atoms with Crippen molar-refractivity contribution in [3.63, 3.8) is 0 Å². The van der Waals surface area contributed by atoms with Crippen molar-refractivity contribution in [3.05, 3.63) is 24.0 Å². The summed E-state index contributed by atoms with van der Waals surface area (Å²) in [6.45, 7) is 2.31. The molecule has 0 bridgehead atoms. The van der Waals surface area contributed by atoms with E-state index in [0.717, 1.165) is 19.3 Å². The number of pyridine rings is 1. The predicted octanol–water partition coefficient (Wildman–Crippen LogP) is 1.74. The van der Waals surface area contributed by atoms with Gasteiger partial charge in [-0.2, -0.15) is 4.31 Å². The monoisotopic (exact) mass is 297 g/mol. The molecule has 20 heavy (non-hydrogen) atoms. The van der Waals surface area contributed by atoms with E-state index in [1.165, 1.54) is 10.7 Å². The van der Waals surface area contributed by atoms with E-state index < -0.39 is 10.0 Å². The lowest BCUT2D eigenvalue weighted by Gasteiger charge is -2.33. The van der Waals surface area contributed by atoms with Gasteiger partial charge in [0.15, 0.2) is 0 Å². The Kier molecular flexibility index (Phi) is 4.78. The van der Waals surface area contributed by atoms with Crippen LogP contribution in [0.3, 0.4) is 0 Å². The summed E-state index contributed by atoms with van der Waals surface area (Å²) >= 11 is 0. The van der Waals surface area contributed by atoms with Crippen LogP contribution in [-0.4, -0.2) is 30.8 Å². The molecule has 2 unspecified atom stereocenters. The molecule has 0 radical (unpaired) electrons. The Hall–Kier alpha value is -0.980. The number of nitrogens with zero attached hydrogens (tertiary/aromatic N) is 2. The summed E-state index contributed by atoms with van der Waals surface area (Å²) in [6, 6.07) is 3.31. The molecule has 0 spiro atoms. The molecule has 0 amide bonds. The second-order valence-electron chi connectivity index (χ2n) is 5.60. The molecule has 1 aromatic heterocycles. The molecule has 1 saturated carbocycles. The largest absolute Gasteiger partial charge is 0.325 e. The van der Waals surface area contributed by atoms with Crippen molar-refractivity contribution in [1.29, 1.82) is 0 Å². The molecule has 2 atom stereocenters. The zero-order valence-electron chi connectivity index (χ0n) is 12.1. The van der Waals surface area contributed by atoms with Crippen LogP contribution in [0.25, 0.3) is 0 Å². The first kappa shape index (κ1) is 15.4. The van der Waals surface area contributed by atoms with E-state index in [-0.39, 0.29) is 17.5 Å². The van der Waals surface area contributed by atoms with Gasteiger partial charge in [0.1, 0.15) is 4.90 Å². The third-order valence-corrected chi connectivity index (χ3v) is 6.11. The van der Waals surface area contributed by atoms with Gasteiger partial charge in [-0.3, -0.25) is 4.98 Å². The Bertz CT molecular complexity index is 559. The van der Waals surface area contributed by atoms with E-state index in [9.17, 15) is 8.42 Å². The summed E-state index contributed by atoms with van der Waals surface area (Å²) in [7, 11) is -1.84. The Labute approximate surface area is 121 Å². The maximum Gasteiger partial charge on any atom is 0.244 e. The number of hydrogen-bond acceptors (Lipinski definition) is 4. The average Bonchev–Trinajstić information content (AvgIpc) is 2.46. The van der Waals surface area contributed by atoms with Crippen LogP contribution in [0, 0.1) is 5.92 Å². The molecule has 0 aromatic carbocycles. The van der Waals surface area contributed by atoms with Crippen LogP contribution in [0.15, 0.2) is 23.2 Å². The lowest BCUT2D eigenvalue weighted by molar-refractivity contribution is 0.239. The van der Waals surface area contributed by atoms with Crippen molar-refractivity contribution in [2.45, 2.75) is 50.1 Å². The summed E-state index contributed by atoms with van der Waals surface area (Å²) in [4.78, 5) is 4.31. The van der Waals surface area contributed by atoms with Crippen molar-refractivity contribution in [2.75, 3.05) is 7.05 Å². The van der Waals surface area contributed by atoms with Gasteiger partial charge in [-0.25, -0.2) is 8.42 Å². The molecule has 2 N–H and O–H groups in total. The van der Waals surface area contributed by atoms with E-state index in [1.807, 2.05) is 0 Å². The Balaban J connectivity index is 2.29. The van der Waals surface area contributed by atoms with Crippen molar-refractivity contribution < 1.29 is 8.42 Å². The topological polar surface area (TPSA) is 76.3 Å². The van der Waals surface area contributed by atoms with Crippen molar-refractivity contribution in [3.8, 4) is 0 Å². The third-order valence-electron chi connectivity index (χ3n) is 4.12. The van der Waals surface area contributed by atoms with Gasteiger partial charge < -0.3 is 5.73 Å². The summed E-state index contributed by atoms with van der Waals surface area (Å²) in [5.41, 5.74) is 6.04. The minimum atomic E-state index is -3.51. The van der Waals surface area contributed by atoms with Crippen LogP contribution >= 0.6 is 0 Å². The van der Waals surface area contributed by atoms with Gasteiger partial charge in [-0.1, -0.05) is 19.8 Å². The third kappa shape index (κ3) is 3.02. The Morgan fingerprint density at radius 3 is 2.85 bits per heavy atom. The lowest BCUT2D eigenvalue weighted by Crippen LogP contribution is -2.40. The fraction of sp³-hybridized carbons (Fsp3) is 0.643. The van der Waals surface area contributed by atoms with Crippen LogP contribution in [0.1, 0.15) is 38.3 Å². The summed E-state index contributed by atoms with van der Waals surface area (Å²) in [5, 5.41) is 0. The van der Waals surface area contributed by atoms with Crippen LogP contribution in [-0.2, 0) is 16.6 Å². The molecule has 112 valence electrons. The fourth-order valence-corrected chi connectivity index (χ4v) is 4.47. The maximum absolute atomic E-state index is 12.7. The minimum absolute atomic E-state index is 0.0783. The first-order valence-electron chi connectivity index (χ1n) is 7.08. The number of rotatable bonds is 4. The zero-order chi connectivity index (χ0) is 14.8. The van der Waals surface area contributed by atoms with Crippen molar-refractivity contribution >= 4 is 10.0 Å². The summed E-state index contributed by atoms with van der Waals surface area (Å²) in [5.74, 6) is 0.578. The fourth-order valence-electron chi connectivity index (χ4n) is 2.90. The quantitative estimate of drug-likeness (QED) is 0.918. The highest BCUT2D eigenvalue weighted by molar-refractivity contribution is 7.89. The molecule has 1 fully saturated rings.